The van der Waals surface area contributed by atoms with Crippen molar-refractivity contribution in [2.75, 3.05) is 6.54 Å². The molecule has 2 N–H and O–H groups in total. The second-order valence-electron chi connectivity index (χ2n) is 7.37. The van der Waals surface area contributed by atoms with Gasteiger partial charge in [-0.2, -0.15) is 9.78 Å². The molecule has 2 aromatic heterocycles. The molecule has 4 rings (SSSR count). The number of benzene rings is 2. The first-order chi connectivity index (χ1) is 14.5. The van der Waals surface area contributed by atoms with Crippen molar-refractivity contribution >= 4 is 23.1 Å². The van der Waals surface area contributed by atoms with Crippen molar-refractivity contribution in [2.45, 2.75) is 33.6 Å². The van der Waals surface area contributed by atoms with E-state index < -0.39 is 0 Å². The zero-order valence-electron chi connectivity index (χ0n) is 17.1. The third kappa shape index (κ3) is 4.24. The molecule has 0 aliphatic rings. The van der Waals surface area contributed by atoms with Crippen LogP contribution in [0.15, 0.2) is 59.4 Å². The quantitative estimate of drug-likeness (QED) is 0.448. The fourth-order valence-electron chi connectivity index (χ4n) is 3.56. The summed E-state index contributed by atoms with van der Waals surface area (Å²) < 4.78 is 4.61. The molecule has 4 aromatic rings. The van der Waals surface area contributed by atoms with Crippen LogP contribution in [0.5, 0.6) is 0 Å². The van der Waals surface area contributed by atoms with E-state index in [1.54, 1.807) is 6.07 Å². The Kier molecular flexibility index (Phi) is 5.87. The van der Waals surface area contributed by atoms with Crippen molar-refractivity contribution in [1.29, 1.82) is 0 Å². The maximum absolute atomic E-state index is 12.4. The number of quaternary nitrogens is 1. The lowest BCUT2D eigenvalue weighted by atomic mass is 10.2. The summed E-state index contributed by atoms with van der Waals surface area (Å²) in [6, 6.07) is 17.6. The Bertz CT molecular complexity index is 1270. The van der Waals surface area contributed by atoms with Crippen LogP contribution in [0.4, 0.5) is 0 Å². The van der Waals surface area contributed by atoms with Gasteiger partial charge in [0.15, 0.2) is 12.5 Å². The van der Waals surface area contributed by atoms with Crippen LogP contribution in [-0.4, -0.2) is 30.9 Å². The van der Waals surface area contributed by atoms with E-state index in [4.69, 9.17) is 12.2 Å². The molecule has 1 unspecified atom stereocenters. The average Bonchev–Trinajstić information content (AvgIpc) is 3.01. The number of H-pyrrole nitrogens is 1. The third-order valence-corrected chi connectivity index (χ3v) is 5.68. The predicted molar refractivity (Wildman–Crippen MR) is 119 cm³/mol. The number of nitrogens with one attached hydrogen (secondary N) is 2. The van der Waals surface area contributed by atoms with E-state index in [0.717, 1.165) is 12.4 Å². The second-order valence-corrected chi connectivity index (χ2v) is 7.73. The standard InChI is InChI=1S/C22H24N6OS/c1-3-26(14-20-23-19-12-8-7-11-18(19)21(29)24-20)15-28-22(30)27(16(2)25-28)13-17-9-5-4-6-10-17/h4-12H,3,13-15H2,1-2H3,(H,23,24,29)/p+1. The minimum absolute atomic E-state index is 0.106. The maximum Gasteiger partial charge on any atom is 0.258 e. The van der Waals surface area contributed by atoms with Crippen molar-refractivity contribution in [1.82, 2.24) is 24.3 Å². The van der Waals surface area contributed by atoms with Crippen LogP contribution in [0.2, 0.25) is 0 Å². The predicted octanol–water partition coefficient (Wildman–Crippen LogP) is 2.07. The van der Waals surface area contributed by atoms with Crippen molar-refractivity contribution in [3.8, 4) is 0 Å². The summed E-state index contributed by atoms with van der Waals surface area (Å²) in [5.74, 6) is 1.55. The molecule has 0 fully saturated rings. The largest absolute Gasteiger partial charge is 0.310 e. The molecule has 1 atom stereocenters. The minimum Gasteiger partial charge on any atom is -0.310 e. The summed E-state index contributed by atoms with van der Waals surface area (Å²) in [5.41, 5.74) is 1.80. The van der Waals surface area contributed by atoms with Gasteiger partial charge in [0, 0.05) is 0 Å². The van der Waals surface area contributed by atoms with Crippen molar-refractivity contribution in [3.63, 3.8) is 0 Å². The van der Waals surface area contributed by atoms with Gasteiger partial charge in [-0.3, -0.25) is 9.36 Å². The Morgan fingerprint density at radius 2 is 1.83 bits per heavy atom. The van der Waals surface area contributed by atoms with Gasteiger partial charge in [0.1, 0.15) is 12.4 Å². The zero-order valence-corrected chi connectivity index (χ0v) is 17.9. The van der Waals surface area contributed by atoms with E-state index in [9.17, 15) is 4.79 Å². The summed E-state index contributed by atoms with van der Waals surface area (Å²) in [6.07, 6.45) is 0. The monoisotopic (exact) mass is 421 g/mol. The Hall–Kier alpha value is -3.10. The Morgan fingerprint density at radius 1 is 1.10 bits per heavy atom. The summed E-state index contributed by atoms with van der Waals surface area (Å²) in [7, 11) is 0. The summed E-state index contributed by atoms with van der Waals surface area (Å²) in [5, 5.41) is 5.27. The summed E-state index contributed by atoms with van der Waals surface area (Å²) >= 11 is 5.70. The molecule has 0 radical (unpaired) electrons. The van der Waals surface area contributed by atoms with Crippen LogP contribution in [-0.2, 0) is 19.8 Å². The average molecular weight is 422 g/mol. The fourth-order valence-corrected chi connectivity index (χ4v) is 3.86. The first kappa shape index (κ1) is 20.2. The molecule has 8 heteroatoms. The molecule has 0 saturated carbocycles. The van der Waals surface area contributed by atoms with Crippen LogP contribution in [0.1, 0.15) is 24.1 Å². The van der Waals surface area contributed by atoms with Gasteiger partial charge in [-0.05, 0) is 43.8 Å². The van der Waals surface area contributed by atoms with Crippen LogP contribution >= 0.6 is 12.2 Å². The fraction of sp³-hybridized carbons (Fsp3) is 0.273. The van der Waals surface area contributed by atoms with Crippen LogP contribution in [0, 0.1) is 11.7 Å². The lowest BCUT2D eigenvalue weighted by Crippen LogP contribution is -3.09. The molecule has 0 amide bonds. The highest BCUT2D eigenvalue weighted by atomic mass is 32.1. The molecule has 2 heterocycles. The van der Waals surface area contributed by atoms with Crippen LogP contribution in [0.25, 0.3) is 10.9 Å². The smallest absolute Gasteiger partial charge is 0.258 e. The van der Waals surface area contributed by atoms with Gasteiger partial charge in [0.25, 0.3) is 5.56 Å². The molecular weight excluding hydrogens is 396 g/mol. The number of aromatic nitrogens is 5. The highest BCUT2D eigenvalue weighted by Crippen LogP contribution is 2.07. The number of nitrogens with zero attached hydrogens (tertiary/aromatic N) is 4. The van der Waals surface area contributed by atoms with Crippen molar-refractivity contribution in [2.24, 2.45) is 0 Å². The molecule has 0 aliphatic carbocycles. The van der Waals surface area contributed by atoms with Crippen LogP contribution in [0.3, 0.4) is 0 Å². The number of hydrogen-bond donors (Lipinski definition) is 2. The van der Waals surface area contributed by atoms with Gasteiger partial charge < -0.3 is 9.88 Å². The van der Waals surface area contributed by atoms with Crippen molar-refractivity contribution in [3.05, 3.63) is 86.9 Å². The van der Waals surface area contributed by atoms with E-state index in [0.29, 0.717) is 41.3 Å². The van der Waals surface area contributed by atoms with Gasteiger partial charge in [-0.15, -0.1) is 0 Å². The molecule has 0 spiro atoms. The number of aryl methyl sites for hydroxylation is 1. The molecule has 2 aromatic carbocycles. The van der Waals surface area contributed by atoms with E-state index in [2.05, 4.69) is 34.1 Å². The van der Waals surface area contributed by atoms with E-state index in [1.807, 2.05) is 52.6 Å². The molecule has 0 bridgehead atoms. The lowest BCUT2D eigenvalue weighted by Gasteiger charge is -2.17. The Balaban J connectivity index is 1.55. The van der Waals surface area contributed by atoms with Gasteiger partial charge in [-0.25, -0.2) is 4.98 Å². The third-order valence-electron chi connectivity index (χ3n) is 5.24. The zero-order chi connectivity index (χ0) is 21.1. The van der Waals surface area contributed by atoms with Gasteiger partial charge in [0.05, 0.1) is 24.0 Å². The normalized spacial score (nSPS) is 12.3. The van der Waals surface area contributed by atoms with Gasteiger partial charge in [0.2, 0.25) is 4.77 Å². The minimum atomic E-state index is -0.106. The SMILES string of the molecule is CC[NH+](Cc1nc2ccccc2c(=O)[nH]1)Cn1nc(C)n(Cc2ccccc2)c1=S. The number of rotatable bonds is 7. The maximum atomic E-state index is 12.4. The Labute approximate surface area is 179 Å². The number of hydrogen-bond acceptors (Lipinski definition) is 4. The molecule has 154 valence electrons. The molecule has 7 nitrogen and oxygen atoms in total. The Morgan fingerprint density at radius 3 is 2.60 bits per heavy atom. The topological polar surface area (TPSA) is 72.9 Å². The molecule has 30 heavy (non-hydrogen) atoms. The first-order valence-corrected chi connectivity index (χ1v) is 10.5. The first-order valence-electron chi connectivity index (χ1n) is 10.0. The van der Waals surface area contributed by atoms with E-state index in [1.165, 1.54) is 10.5 Å². The molecule has 0 saturated heterocycles. The summed E-state index contributed by atoms with van der Waals surface area (Å²) in [4.78, 5) is 21.1. The van der Waals surface area contributed by atoms with Gasteiger partial charge in [-0.1, -0.05) is 42.5 Å². The van der Waals surface area contributed by atoms with E-state index in [-0.39, 0.29) is 5.56 Å². The highest BCUT2D eigenvalue weighted by Gasteiger charge is 2.15. The van der Waals surface area contributed by atoms with Gasteiger partial charge >= 0.3 is 0 Å². The number of fused-ring (bicyclic) bond motifs is 1. The highest BCUT2D eigenvalue weighted by molar-refractivity contribution is 7.71. The summed E-state index contributed by atoms with van der Waals surface area (Å²) in [6.45, 7) is 6.82. The lowest BCUT2D eigenvalue weighted by molar-refractivity contribution is -0.935. The van der Waals surface area contributed by atoms with E-state index >= 15 is 0 Å². The van der Waals surface area contributed by atoms with Crippen molar-refractivity contribution < 1.29 is 4.90 Å². The molecular formula is C22H25N6OS+. The number of aromatic amines is 1. The second kappa shape index (κ2) is 8.73. The molecule has 0 aliphatic heterocycles. The van der Waals surface area contributed by atoms with Crippen LogP contribution < -0.4 is 10.5 Å². The number of para-hydroxylation sites is 1.